The number of hydrogen-bond acceptors (Lipinski definition) is 5. The first-order chi connectivity index (χ1) is 13.8. The minimum Gasteiger partial charge on any atom is -0.378 e. The van der Waals surface area contributed by atoms with Crippen LogP contribution in [-0.2, 0) is 14.8 Å². The molecule has 1 aliphatic carbocycles. The van der Waals surface area contributed by atoms with Crippen molar-refractivity contribution < 1.29 is 13.2 Å². The highest BCUT2D eigenvalue weighted by atomic mass is 127. The first kappa shape index (κ1) is 27.9. The fourth-order valence-electron chi connectivity index (χ4n) is 3.96. The first-order valence-corrected chi connectivity index (χ1v) is 12.8. The molecule has 0 radical (unpaired) electrons. The first-order valence-electron chi connectivity index (χ1n) is 11.2. The van der Waals surface area contributed by atoms with Gasteiger partial charge in [-0.1, -0.05) is 12.8 Å². The van der Waals surface area contributed by atoms with Crippen molar-refractivity contribution in [3.8, 4) is 0 Å². The van der Waals surface area contributed by atoms with Crippen LogP contribution in [0.2, 0.25) is 0 Å². The zero-order chi connectivity index (χ0) is 21.3. The molecule has 0 bridgehead atoms. The molecule has 2 rings (SSSR count). The van der Waals surface area contributed by atoms with Crippen LogP contribution in [0.25, 0.3) is 0 Å². The van der Waals surface area contributed by atoms with Crippen LogP contribution in [0.15, 0.2) is 4.99 Å². The van der Waals surface area contributed by atoms with Crippen molar-refractivity contribution in [2.75, 3.05) is 65.2 Å². The third-order valence-electron chi connectivity index (χ3n) is 5.72. The predicted molar refractivity (Wildman–Crippen MR) is 134 cm³/mol. The summed E-state index contributed by atoms with van der Waals surface area (Å²) in [5.74, 6) is 0.944. The molecular weight excluding hydrogens is 517 g/mol. The second-order valence-corrected chi connectivity index (χ2v) is 10.4. The number of piperazine rings is 1. The molecule has 1 saturated carbocycles. The van der Waals surface area contributed by atoms with E-state index in [-0.39, 0.29) is 42.4 Å². The molecule has 0 unspecified atom stereocenters. The summed E-state index contributed by atoms with van der Waals surface area (Å²) < 4.78 is 32.0. The van der Waals surface area contributed by atoms with Gasteiger partial charge in [-0.05, 0) is 40.7 Å². The monoisotopic (exact) mass is 559 g/mol. The molecule has 0 aromatic carbocycles. The highest BCUT2D eigenvalue weighted by molar-refractivity contribution is 14.0. The van der Waals surface area contributed by atoms with Gasteiger partial charge in [-0.3, -0.25) is 4.99 Å². The predicted octanol–water partition coefficient (Wildman–Crippen LogP) is 1.82. The van der Waals surface area contributed by atoms with E-state index in [4.69, 9.17) is 9.73 Å². The molecule has 10 heteroatoms. The number of guanidine groups is 1. The van der Waals surface area contributed by atoms with E-state index >= 15 is 0 Å². The number of likely N-dealkylation sites (N-methyl/N-ethyl adjacent to an activating group) is 1. The molecule has 0 aromatic heterocycles. The lowest BCUT2D eigenvalue weighted by Crippen LogP contribution is -2.54. The van der Waals surface area contributed by atoms with E-state index in [0.717, 1.165) is 25.6 Å². The molecule has 178 valence electrons. The maximum absolute atomic E-state index is 12.5. The van der Waals surface area contributed by atoms with E-state index in [1.807, 2.05) is 13.8 Å². The number of hydrogen-bond donors (Lipinski definition) is 1. The van der Waals surface area contributed by atoms with Crippen molar-refractivity contribution in [3.05, 3.63) is 0 Å². The van der Waals surface area contributed by atoms with Gasteiger partial charge in [0.15, 0.2) is 5.96 Å². The van der Waals surface area contributed by atoms with Crippen molar-refractivity contribution in [3.63, 3.8) is 0 Å². The summed E-state index contributed by atoms with van der Waals surface area (Å²) in [4.78, 5) is 9.42. The normalized spacial score (nSPS) is 19.5. The summed E-state index contributed by atoms with van der Waals surface area (Å²) >= 11 is 0. The molecule has 2 aliphatic rings. The number of nitrogens with zero attached hydrogens (tertiary/aromatic N) is 4. The fraction of sp³-hybridized carbons (Fsp3) is 0.950. The van der Waals surface area contributed by atoms with Crippen LogP contribution < -0.4 is 5.32 Å². The van der Waals surface area contributed by atoms with E-state index in [1.54, 1.807) is 4.31 Å². The molecule has 1 saturated heterocycles. The second kappa shape index (κ2) is 14.1. The average Bonchev–Trinajstić information content (AvgIpc) is 3.22. The van der Waals surface area contributed by atoms with Crippen LogP contribution in [0.5, 0.6) is 0 Å². The highest BCUT2D eigenvalue weighted by Crippen LogP contribution is 2.21. The minimum atomic E-state index is -3.26. The molecule has 2 fully saturated rings. The second-order valence-electron chi connectivity index (χ2n) is 8.28. The average molecular weight is 560 g/mol. The summed E-state index contributed by atoms with van der Waals surface area (Å²) in [6.07, 6.45) is 5.35. The van der Waals surface area contributed by atoms with Gasteiger partial charge in [-0.15, -0.1) is 24.0 Å². The Labute approximate surface area is 200 Å². The number of aliphatic imine (C=N–C) groups is 1. The molecule has 1 heterocycles. The third-order valence-corrected chi connectivity index (χ3v) is 7.56. The molecule has 1 N–H and O–H groups in total. The Morgan fingerprint density at radius 1 is 1.20 bits per heavy atom. The van der Waals surface area contributed by atoms with Gasteiger partial charge in [0.1, 0.15) is 0 Å². The molecule has 1 aliphatic heterocycles. The quantitative estimate of drug-likeness (QED) is 0.250. The van der Waals surface area contributed by atoms with E-state index in [1.165, 1.54) is 25.7 Å². The van der Waals surface area contributed by atoms with Crippen LogP contribution in [0.3, 0.4) is 0 Å². The van der Waals surface area contributed by atoms with Gasteiger partial charge in [0.25, 0.3) is 0 Å². The number of rotatable bonds is 10. The Bertz CT molecular complexity index is 604. The molecule has 0 aromatic rings. The van der Waals surface area contributed by atoms with Crippen LogP contribution in [0.1, 0.15) is 46.5 Å². The summed E-state index contributed by atoms with van der Waals surface area (Å²) in [7, 11) is -1.06. The zero-order valence-electron chi connectivity index (χ0n) is 19.2. The van der Waals surface area contributed by atoms with E-state index in [2.05, 4.69) is 29.1 Å². The number of sulfonamides is 1. The Morgan fingerprint density at radius 3 is 2.40 bits per heavy atom. The van der Waals surface area contributed by atoms with Crippen molar-refractivity contribution >= 4 is 40.0 Å². The standard InChI is InChI=1S/C20H41N5O3S.HI/c1-5-21-20(22-10-11-23(4)19-8-6-7-9-19)24-12-14-25(15-13-24)29(26,27)17-16-28-18(2)3;/h18-19H,5-17H2,1-4H3,(H,21,22);1H. The van der Waals surface area contributed by atoms with Gasteiger partial charge in [0.2, 0.25) is 10.0 Å². The smallest absolute Gasteiger partial charge is 0.216 e. The SMILES string of the molecule is CCNC(=NCCN(C)C1CCCC1)N1CCN(S(=O)(=O)CCOC(C)C)CC1.I. The van der Waals surface area contributed by atoms with Crippen LogP contribution in [0, 0.1) is 0 Å². The molecule has 0 atom stereocenters. The van der Waals surface area contributed by atoms with Crippen molar-refractivity contribution in [2.45, 2.75) is 58.6 Å². The van der Waals surface area contributed by atoms with Gasteiger partial charge < -0.3 is 19.9 Å². The summed E-state index contributed by atoms with van der Waals surface area (Å²) in [6.45, 7) is 11.0. The lowest BCUT2D eigenvalue weighted by Gasteiger charge is -2.36. The van der Waals surface area contributed by atoms with Crippen molar-refractivity contribution in [2.24, 2.45) is 4.99 Å². The lowest BCUT2D eigenvalue weighted by molar-refractivity contribution is 0.0904. The number of nitrogens with one attached hydrogen (secondary N) is 1. The topological polar surface area (TPSA) is 77.5 Å². The summed E-state index contributed by atoms with van der Waals surface area (Å²) in [6, 6.07) is 0.709. The molecular formula is C20H42IN5O3S. The van der Waals surface area contributed by atoms with E-state index in [0.29, 0.717) is 32.2 Å². The molecule has 8 nitrogen and oxygen atoms in total. The van der Waals surface area contributed by atoms with Crippen LogP contribution >= 0.6 is 24.0 Å². The summed E-state index contributed by atoms with van der Waals surface area (Å²) in [5, 5.41) is 3.37. The fourth-order valence-corrected chi connectivity index (χ4v) is 5.25. The summed E-state index contributed by atoms with van der Waals surface area (Å²) in [5.41, 5.74) is 0. The van der Waals surface area contributed by atoms with Crippen molar-refractivity contribution in [1.82, 2.24) is 19.4 Å². The van der Waals surface area contributed by atoms with E-state index in [9.17, 15) is 8.42 Å². The Morgan fingerprint density at radius 2 is 1.83 bits per heavy atom. The molecule has 0 spiro atoms. The Balaban J connectivity index is 0.00000450. The minimum absolute atomic E-state index is 0. The van der Waals surface area contributed by atoms with Gasteiger partial charge in [0.05, 0.1) is 25.0 Å². The lowest BCUT2D eigenvalue weighted by atomic mass is 10.2. The largest absolute Gasteiger partial charge is 0.378 e. The third kappa shape index (κ3) is 9.13. The zero-order valence-corrected chi connectivity index (χ0v) is 22.3. The van der Waals surface area contributed by atoms with Crippen LogP contribution in [-0.4, -0.2) is 106 Å². The molecule has 0 amide bonds. The van der Waals surface area contributed by atoms with Gasteiger partial charge in [0, 0.05) is 45.3 Å². The maximum Gasteiger partial charge on any atom is 0.216 e. The Kier molecular flexibility index (Phi) is 13.1. The number of ether oxygens (including phenoxy) is 1. The Hall–Kier alpha value is -0.170. The van der Waals surface area contributed by atoms with Crippen LogP contribution in [0.4, 0.5) is 0 Å². The van der Waals surface area contributed by atoms with E-state index < -0.39 is 10.0 Å². The van der Waals surface area contributed by atoms with Gasteiger partial charge in [-0.2, -0.15) is 4.31 Å². The maximum atomic E-state index is 12.5. The van der Waals surface area contributed by atoms with Gasteiger partial charge >= 0.3 is 0 Å². The van der Waals surface area contributed by atoms with Gasteiger partial charge in [-0.25, -0.2) is 8.42 Å². The van der Waals surface area contributed by atoms with Crippen molar-refractivity contribution in [1.29, 1.82) is 0 Å². The molecule has 30 heavy (non-hydrogen) atoms. The number of halogens is 1. The highest BCUT2D eigenvalue weighted by Gasteiger charge is 2.28.